The van der Waals surface area contributed by atoms with Crippen molar-refractivity contribution in [1.82, 2.24) is 30.1 Å². The lowest BCUT2D eigenvalue weighted by Crippen LogP contribution is -2.48. The summed E-state index contributed by atoms with van der Waals surface area (Å²) in [5.74, 6) is 0.0533. The van der Waals surface area contributed by atoms with Gasteiger partial charge in [0.1, 0.15) is 17.3 Å². The maximum atomic E-state index is 14.8. The second-order valence-corrected chi connectivity index (χ2v) is 9.49. The molecule has 0 spiro atoms. The Labute approximate surface area is 231 Å². The fraction of sp³-hybridized carbons (Fsp3) is 0.310. The van der Waals surface area contributed by atoms with E-state index in [1.165, 1.54) is 6.07 Å². The molecule has 208 valence electrons. The zero-order valence-corrected chi connectivity index (χ0v) is 22.5. The Bertz CT molecular complexity index is 1500. The number of ether oxygens (including phenoxy) is 1. The standard InChI is InChI=1S/C29H32FN7O3/c1-3-31-28(38)35-25-16-21-14-20(15-23(26(21)34-25)27-24(30)6-5-9-32-27)19-7-8-22(33-17-19)18-36-10-12-37(13-11-36)29(39)40-4-2/h5-9,14-17,34H,3-4,10-13,18H2,1-2H3,(H2,31,35,38). The van der Waals surface area contributed by atoms with Crippen LogP contribution in [0.1, 0.15) is 19.5 Å². The lowest BCUT2D eigenvalue weighted by Gasteiger charge is -2.33. The average Bonchev–Trinajstić information content (AvgIpc) is 3.36. The minimum absolute atomic E-state index is 0.215. The van der Waals surface area contributed by atoms with Gasteiger partial charge >= 0.3 is 12.1 Å². The van der Waals surface area contributed by atoms with Gasteiger partial charge in [0.15, 0.2) is 0 Å². The highest BCUT2D eigenvalue weighted by molar-refractivity contribution is 6.01. The number of H-pyrrole nitrogens is 1. The molecular formula is C29H32FN7O3. The number of aromatic amines is 1. The van der Waals surface area contributed by atoms with E-state index < -0.39 is 5.82 Å². The first-order valence-electron chi connectivity index (χ1n) is 13.4. The van der Waals surface area contributed by atoms with Crippen LogP contribution < -0.4 is 10.6 Å². The van der Waals surface area contributed by atoms with Crippen molar-refractivity contribution >= 4 is 28.8 Å². The SMILES string of the molecule is CCNC(=O)Nc1cc2cc(-c3ccc(CN4CCN(C(=O)OCC)CC4)nc3)cc(-c3ncccc3F)c2[nH]1. The van der Waals surface area contributed by atoms with E-state index in [0.717, 1.165) is 35.3 Å². The summed E-state index contributed by atoms with van der Waals surface area (Å²) in [5, 5.41) is 6.28. The number of hydrogen-bond acceptors (Lipinski definition) is 6. The average molecular weight is 546 g/mol. The molecule has 4 aromatic rings. The Kier molecular flexibility index (Phi) is 8.20. The summed E-state index contributed by atoms with van der Waals surface area (Å²) in [6.45, 7) is 7.93. The number of halogens is 1. The van der Waals surface area contributed by atoms with Crippen molar-refractivity contribution in [3.05, 3.63) is 66.4 Å². The number of nitrogens with zero attached hydrogens (tertiary/aromatic N) is 4. The number of fused-ring (bicyclic) bond motifs is 1. The predicted molar refractivity (Wildman–Crippen MR) is 151 cm³/mol. The van der Waals surface area contributed by atoms with Crippen molar-refractivity contribution in [2.24, 2.45) is 0 Å². The largest absolute Gasteiger partial charge is 0.450 e. The van der Waals surface area contributed by atoms with Gasteiger partial charge in [-0.05, 0) is 55.8 Å². The van der Waals surface area contributed by atoms with Gasteiger partial charge in [0.05, 0.1) is 17.8 Å². The van der Waals surface area contributed by atoms with Crippen molar-refractivity contribution in [2.75, 3.05) is 44.6 Å². The zero-order valence-electron chi connectivity index (χ0n) is 22.5. The van der Waals surface area contributed by atoms with E-state index in [1.807, 2.05) is 43.5 Å². The van der Waals surface area contributed by atoms with Gasteiger partial charge in [0.2, 0.25) is 0 Å². The number of benzene rings is 1. The highest BCUT2D eigenvalue weighted by Crippen LogP contribution is 2.35. The number of pyridine rings is 2. The number of nitrogens with one attached hydrogen (secondary N) is 3. The van der Waals surface area contributed by atoms with Gasteiger partial charge in [-0.2, -0.15) is 0 Å². The van der Waals surface area contributed by atoms with Crippen LogP contribution in [0.2, 0.25) is 0 Å². The summed E-state index contributed by atoms with van der Waals surface area (Å²) in [5.41, 5.74) is 4.10. The molecule has 0 bridgehead atoms. The molecule has 1 fully saturated rings. The van der Waals surface area contributed by atoms with Crippen molar-refractivity contribution in [2.45, 2.75) is 20.4 Å². The Balaban J connectivity index is 1.38. The Morgan fingerprint density at radius 2 is 1.88 bits per heavy atom. The minimum Gasteiger partial charge on any atom is -0.450 e. The van der Waals surface area contributed by atoms with E-state index in [-0.39, 0.29) is 17.8 Å². The highest BCUT2D eigenvalue weighted by Gasteiger charge is 2.22. The fourth-order valence-electron chi connectivity index (χ4n) is 4.80. The van der Waals surface area contributed by atoms with Gasteiger partial charge in [0, 0.05) is 68.2 Å². The van der Waals surface area contributed by atoms with Crippen LogP contribution in [0.4, 0.5) is 19.8 Å². The summed E-state index contributed by atoms with van der Waals surface area (Å²) >= 11 is 0. The molecule has 3 aromatic heterocycles. The second-order valence-electron chi connectivity index (χ2n) is 9.49. The monoisotopic (exact) mass is 545 g/mol. The zero-order chi connectivity index (χ0) is 28.1. The highest BCUT2D eigenvalue weighted by atomic mass is 19.1. The molecule has 0 saturated carbocycles. The quantitative estimate of drug-likeness (QED) is 0.306. The van der Waals surface area contributed by atoms with E-state index in [0.29, 0.717) is 49.7 Å². The molecule has 40 heavy (non-hydrogen) atoms. The van der Waals surface area contributed by atoms with Crippen LogP contribution in [-0.4, -0.2) is 76.2 Å². The molecule has 4 heterocycles. The van der Waals surface area contributed by atoms with Crippen LogP contribution in [0.5, 0.6) is 0 Å². The Hall–Kier alpha value is -4.51. The van der Waals surface area contributed by atoms with Gasteiger partial charge < -0.3 is 19.9 Å². The molecular weight excluding hydrogens is 513 g/mol. The number of piperazine rings is 1. The first-order valence-corrected chi connectivity index (χ1v) is 13.4. The molecule has 5 rings (SSSR count). The van der Waals surface area contributed by atoms with Crippen molar-refractivity contribution in [1.29, 1.82) is 0 Å². The first kappa shape index (κ1) is 27.1. The van der Waals surface area contributed by atoms with E-state index in [1.54, 1.807) is 24.1 Å². The third-order valence-corrected chi connectivity index (χ3v) is 6.77. The number of carbonyl (C=O) groups excluding carboxylic acids is 2. The number of anilines is 1. The number of urea groups is 1. The fourth-order valence-corrected chi connectivity index (χ4v) is 4.80. The van der Waals surface area contributed by atoms with Gasteiger partial charge in [-0.25, -0.2) is 14.0 Å². The molecule has 0 radical (unpaired) electrons. The van der Waals surface area contributed by atoms with E-state index in [2.05, 4.69) is 30.5 Å². The van der Waals surface area contributed by atoms with Crippen LogP contribution >= 0.6 is 0 Å². The Morgan fingerprint density at radius 3 is 2.58 bits per heavy atom. The number of hydrogen-bond donors (Lipinski definition) is 3. The molecule has 1 aliphatic heterocycles. The van der Waals surface area contributed by atoms with Crippen molar-refractivity contribution < 1.29 is 18.7 Å². The van der Waals surface area contributed by atoms with Crippen LogP contribution in [0.15, 0.2) is 54.9 Å². The number of carbonyl (C=O) groups is 2. The van der Waals surface area contributed by atoms with E-state index in [4.69, 9.17) is 4.74 Å². The third-order valence-electron chi connectivity index (χ3n) is 6.77. The molecule has 0 atom stereocenters. The molecule has 1 aromatic carbocycles. The summed E-state index contributed by atoms with van der Waals surface area (Å²) in [6, 6.07) is 12.2. The lowest BCUT2D eigenvalue weighted by molar-refractivity contribution is 0.0775. The smallest absolute Gasteiger partial charge is 0.409 e. The van der Waals surface area contributed by atoms with Gasteiger partial charge in [-0.3, -0.25) is 20.2 Å². The molecule has 3 amide bonds. The second kappa shape index (κ2) is 12.1. The molecule has 3 N–H and O–H groups in total. The normalized spacial score (nSPS) is 13.8. The van der Waals surface area contributed by atoms with E-state index >= 15 is 0 Å². The maximum absolute atomic E-state index is 14.8. The minimum atomic E-state index is -0.440. The topological polar surface area (TPSA) is 115 Å². The molecule has 0 unspecified atom stereocenters. The summed E-state index contributed by atoms with van der Waals surface area (Å²) in [6.07, 6.45) is 3.10. The van der Waals surface area contributed by atoms with Crippen molar-refractivity contribution in [3.63, 3.8) is 0 Å². The molecule has 11 heteroatoms. The maximum Gasteiger partial charge on any atom is 0.409 e. The van der Waals surface area contributed by atoms with Gasteiger partial charge in [-0.15, -0.1) is 0 Å². The third kappa shape index (κ3) is 6.04. The first-order chi connectivity index (χ1) is 19.4. The predicted octanol–water partition coefficient (Wildman–Crippen LogP) is 4.85. The molecule has 1 saturated heterocycles. The van der Waals surface area contributed by atoms with Crippen LogP contribution in [0, 0.1) is 5.82 Å². The number of rotatable bonds is 7. The summed E-state index contributed by atoms with van der Waals surface area (Å²) < 4.78 is 19.9. The number of aromatic nitrogens is 3. The van der Waals surface area contributed by atoms with E-state index in [9.17, 15) is 14.0 Å². The molecule has 10 nitrogen and oxygen atoms in total. The summed E-state index contributed by atoms with van der Waals surface area (Å²) in [7, 11) is 0. The molecule has 1 aliphatic rings. The van der Waals surface area contributed by atoms with Crippen LogP contribution in [0.25, 0.3) is 33.3 Å². The Morgan fingerprint density at radius 1 is 1.05 bits per heavy atom. The molecule has 0 aliphatic carbocycles. The van der Waals surface area contributed by atoms with Crippen LogP contribution in [0.3, 0.4) is 0 Å². The van der Waals surface area contributed by atoms with Crippen molar-refractivity contribution in [3.8, 4) is 22.4 Å². The lowest BCUT2D eigenvalue weighted by atomic mass is 9.99. The van der Waals surface area contributed by atoms with Gasteiger partial charge in [0.25, 0.3) is 0 Å². The number of amides is 3. The van der Waals surface area contributed by atoms with Gasteiger partial charge in [-0.1, -0.05) is 6.07 Å². The summed E-state index contributed by atoms with van der Waals surface area (Å²) in [4.78, 5) is 40.2. The van der Waals surface area contributed by atoms with Crippen LogP contribution in [-0.2, 0) is 11.3 Å².